The van der Waals surface area contributed by atoms with Crippen molar-refractivity contribution in [2.75, 3.05) is 6.54 Å². The van der Waals surface area contributed by atoms with Crippen molar-refractivity contribution in [3.63, 3.8) is 0 Å². The van der Waals surface area contributed by atoms with Gasteiger partial charge in [-0.15, -0.1) is 12.4 Å². The van der Waals surface area contributed by atoms with Gasteiger partial charge in [-0.1, -0.05) is 0 Å². The number of hydrogen-bond donors (Lipinski definition) is 2. The molecule has 3 N–H and O–H groups in total. The van der Waals surface area contributed by atoms with E-state index in [9.17, 15) is 4.79 Å². The van der Waals surface area contributed by atoms with Crippen LogP contribution in [0.3, 0.4) is 0 Å². The number of nitrogens with two attached hydrogens (primary N) is 1. The van der Waals surface area contributed by atoms with Crippen molar-refractivity contribution in [1.29, 1.82) is 0 Å². The molecule has 1 amide bonds. The molecule has 1 fully saturated rings. The highest BCUT2D eigenvalue weighted by molar-refractivity contribution is 5.85. The number of halogens is 1. The molecule has 0 aromatic heterocycles. The van der Waals surface area contributed by atoms with Crippen molar-refractivity contribution in [2.45, 2.75) is 25.8 Å². The van der Waals surface area contributed by atoms with Crippen LogP contribution in [-0.4, -0.2) is 18.5 Å². The smallest absolute Gasteiger partial charge is 0.220 e. The predicted molar refractivity (Wildman–Crippen MR) is 46.6 cm³/mol. The quantitative estimate of drug-likeness (QED) is 0.606. The van der Waals surface area contributed by atoms with E-state index in [4.69, 9.17) is 5.73 Å². The minimum atomic E-state index is 0. The lowest BCUT2D eigenvalue weighted by molar-refractivity contribution is -0.124. The van der Waals surface area contributed by atoms with E-state index in [0.717, 1.165) is 6.42 Å². The molecule has 66 valence electrons. The van der Waals surface area contributed by atoms with Gasteiger partial charge in [0.15, 0.2) is 0 Å². The van der Waals surface area contributed by atoms with E-state index in [0.29, 0.717) is 18.9 Å². The zero-order chi connectivity index (χ0) is 7.56. The highest BCUT2D eigenvalue weighted by Gasteiger charge is 2.23. The molecule has 0 spiro atoms. The summed E-state index contributed by atoms with van der Waals surface area (Å²) in [6, 6.07) is 0.270. The Morgan fingerprint density at radius 3 is 2.82 bits per heavy atom. The summed E-state index contributed by atoms with van der Waals surface area (Å²) in [4.78, 5) is 10.8. The third kappa shape index (κ3) is 2.67. The van der Waals surface area contributed by atoms with Gasteiger partial charge in [0.25, 0.3) is 0 Å². The summed E-state index contributed by atoms with van der Waals surface area (Å²) < 4.78 is 0. The molecule has 0 aliphatic carbocycles. The second-order valence-corrected chi connectivity index (χ2v) is 2.89. The van der Waals surface area contributed by atoms with Crippen molar-refractivity contribution in [1.82, 2.24) is 5.32 Å². The molecule has 1 heterocycles. The van der Waals surface area contributed by atoms with Crippen molar-refractivity contribution in [3.05, 3.63) is 0 Å². The van der Waals surface area contributed by atoms with E-state index >= 15 is 0 Å². The topological polar surface area (TPSA) is 55.1 Å². The SMILES string of the molecule is CC1NC(=O)CCC1CN.Cl. The third-order valence-electron chi connectivity index (χ3n) is 2.14. The lowest BCUT2D eigenvalue weighted by atomic mass is 9.92. The van der Waals surface area contributed by atoms with Gasteiger partial charge < -0.3 is 11.1 Å². The summed E-state index contributed by atoms with van der Waals surface area (Å²) in [6.45, 7) is 2.69. The van der Waals surface area contributed by atoms with Crippen LogP contribution in [0.4, 0.5) is 0 Å². The lowest BCUT2D eigenvalue weighted by Gasteiger charge is -2.28. The van der Waals surface area contributed by atoms with Crippen molar-refractivity contribution in [3.8, 4) is 0 Å². The molecule has 0 bridgehead atoms. The van der Waals surface area contributed by atoms with Crippen LogP contribution in [0.25, 0.3) is 0 Å². The molecule has 1 saturated heterocycles. The van der Waals surface area contributed by atoms with E-state index in [-0.39, 0.29) is 24.4 Å². The Balaban J connectivity index is 0.000001000. The predicted octanol–water partition coefficient (Wildman–Crippen LogP) is 0.282. The van der Waals surface area contributed by atoms with Gasteiger partial charge in [0, 0.05) is 12.5 Å². The first-order chi connectivity index (χ1) is 4.74. The van der Waals surface area contributed by atoms with Crippen molar-refractivity contribution in [2.24, 2.45) is 11.7 Å². The standard InChI is InChI=1S/C7H14N2O.ClH/c1-5-6(4-8)2-3-7(10)9-5;/h5-6H,2-4,8H2,1H3,(H,9,10);1H. The van der Waals surface area contributed by atoms with Crippen LogP contribution in [0.2, 0.25) is 0 Å². The Kier molecular flexibility index (Phi) is 4.45. The Hall–Kier alpha value is -0.280. The van der Waals surface area contributed by atoms with Gasteiger partial charge in [0.1, 0.15) is 0 Å². The first-order valence-electron chi connectivity index (χ1n) is 3.73. The number of amides is 1. The van der Waals surface area contributed by atoms with Crippen LogP contribution in [-0.2, 0) is 4.79 Å². The van der Waals surface area contributed by atoms with Gasteiger partial charge in [-0.2, -0.15) is 0 Å². The molecule has 1 aliphatic heterocycles. The first kappa shape index (κ1) is 10.7. The van der Waals surface area contributed by atoms with Gasteiger partial charge in [-0.25, -0.2) is 0 Å². The van der Waals surface area contributed by atoms with Crippen LogP contribution in [0, 0.1) is 5.92 Å². The number of hydrogen-bond acceptors (Lipinski definition) is 2. The van der Waals surface area contributed by atoms with Crippen LogP contribution >= 0.6 is 12.4 Å². The van der Waals surface area contributed by atoms with Gasteiger partial charge in [-0.05, 0) is 25.8 Å². The van der Waals surface area contributed by atoms with Gasteiger partial charge >= 0.3 is 0 Å². The fourth-order valence-corrected chi connectivity index (χ4v) is 1.33. The second kappa shape index (κ2) is 4.57. The summed E-state index contributed by atoms with van der Waals surface area (Å²) in [5, 5.41) is 2.86. The lowest BCUT2D eigenvalue weighted by Crippen LogP contribution is -2.45. The number of carbonyl (C=O) groups excluding carboxylic acids is 1. The molecular weight excluding hydrogens is 164 g/mol. The molecule has 4 heteroatoms. The van der Waals surface area contributed by atoms with Gasteiger partial charge in [0.2, 0.25) is 5.91 Å². The van der Waals surface area contributed by atoms with Gasteiger partial charge in [0.05, 0.1) is 0 Å². The normalized spacial score (nSPS) is 30.5. The highest BCUT2D eigenvalue weighted by Crippen LogP contribution is 2.14. The molecule has 1 rings (SSSR count). The Morgan fingerprint density at radius 2 is 2.36 bits per heavy atom. The Bertz CT molecular complexity index is 140. The Labute approximate surface area is 73.1 Å². The van der Waals surface area contributed by atoms with E-state index in [2.05, 4.69) is 5.32 Å². The average molecular weight is 179 g/mol. The minimum Gasteiger partial charge on any atom is -0.353 e. The maximum atomic E-state index is 10.8. The summed E-state index contributed by atoms with van der Waals surface area (Å²) in [6.07, 6.45) is 1.59. The maximum absolute atomic E-state index is 10.8. The molecule has 3 nitrogen and oxygen atoms in total. The molecule has 1 aliphatic rings. The highest BCUT2D eigenvalue weighted by atomic mass is 35.5. The largest absolute Gasteiger partial charge is 0.353 e. The van der Waals surface area contributed by atoms with Gasteiger partial charge in [-0.3, -0.25) is 4.79 Å². The molecule has 0 radical (unpaired) electrons. The van der Waals surface area contributed by atoms with Crippen LogP contribution < -0.4 is 11.1 Å². The number of nitrogens with one attached hydrogen (secondary N) is 1. The maximum Gasteiger partial charge on any atom is 0.220 e. The molecule has 11 heavy (non-hydrogen) atoms. The monoisotopic (exact) mass is 178 g/mol. The minimum absolute atomic E-state index is 0. The summed E-state index contributed by atoms with van der Waals surface area (Å²) in [7, 11) is 0. The number of piperidine rings is 1. The average Bonchev–Trinajstić information content (AvgIpc) is 1.88. The number of carbonyl (C=O) groups is 1. The fraction of sp³-hybridized carbons (Fsp3) is 0.857. The summed E-state index contributed by atoms with van der Waals surface area (Å²) >= 11 is 0. The van der Waals surface area contributed by atoms with E-state index in [1.165, 1.54) is 0 Å². The van der Waals surface area contributed by atoms with Crippen LogP contribution in [0.5, 0.6) is 0 Å². The number of rotatable bonds is 1. The zero-order valence-corrected chi connectivity index (χ0v) is 7.49. The van der Waals surface area contributed by atoms with E-state index < -0.39 is 0 Å². The fourth-order valence-electron chi connectivity index (χ4n) is 1.33. The molecule has 0 aromatic rings. The third-order valence-corrected chi connectivity index (χ3v) is 2.14. The zero-order valence-electron chi connectivity index (χ0n) is 6.67. The second-order valence-electron chi connectivity index (χ2n) is 2.89. The van der Waals surface area contributed by atoms with E-state index in [1.807, 2.05) is 6.92 Å². The molecular formula is C7H15ClN2O. The Morgan fingerprint density at radius 1 is 1.73 bits per heavy atom. The summed E-state index contributed by atoms with van der Waals surface area (Å²) in [5.74, 6) is 0.648. The van der Waals surface area contributed by atoms with Crippen molar-refractivity contribution >= 4 is 18.3 Å². The van der Waals surface area contributed by atoms with Crippen molar-refractivity contribution < 1.29 is 4.79 Å². The molecule has 2 unspecified atom stereocenters. The summed E-state index contributed by atoms with van der Waals surface area (Å²) in [5.41, 5.74) is 5.49. The molecule has 0 aromatic carbocycles. The van der Waals surface area contributed by atoms with Crippen LogP contribution in [0.15, 0.2) is 0 Å². The van der Waals surface area contributed by atoms with Crippen LogP contribution in [0.1, 0.15) is 19.8 Å². The molecule has 0 saturated carbocycles. The molecule has 2 atom stereocenters. The first-order valence-corrected chi connectivity index (χ1v) is 3.73. The van der Waals surface area contributed by atoms with E-state index in [1.54, 1.807) is 0 Å².